The number of anilines is 1. The van der Waals surface area contributed by atoms with Crippen LogP contribution in [0.5, 0.6) is 0 Å². The Labute approximate surface area is 108 Å². The second-order valence-electron chi connectivity index (χ2n) is 5.50. The van der Waals surface area contributed by atoms with Crippen LogP contribution in [0, 0.1) is 13.8 Å². The van der Waals surface area contributed by atoms with Crippen LogP contribution in [0.2, 0.25) is 0 Å². The lowest BCUT2D eigenvalue weighted by atomic mass is 10.0. The highest BCUT2D eigenvalue weighted by Crippen LogP contribution is 2.35. The Bertz CT molecular complexity index is 490. The van der Waals surface area contributed by atoms with Crippen LogP contribution in [0.4, 0.5) is 5.69 Å². The molecule has 0 saturated carbocycles. The van der Waals surface area contributed by atoms with Gasteiger partial charge in [-0.2, -0.15) is 0 Å². The summed E-state index contributed by atoms with van der Waals surface area (Å²) >= 11 is 0. The van der Waals surface area contributed by atoms with E-state index in [1.807, 2.05) is 0 Å². The monoisotopic (exact) mass is 244 g/mol. The maximum absolute atomic E-state index is 12.3. The van der Waals surface area contributed by atoms with E-state index in [2.05, 4.69) is 36.2 Å². The Balaban J connectivity index is 2.00. The Hall–Kier alpha value is -1.35. The summed E-state index contributed by atoms with van der Waals surface area (Å²) in [6, 6.07) is 4.74. The third kappa shape index (κ3) is 1.83. The lowest BCUT2D eigenvalue weighted by molar-refractivity contribution is -0.117. The number of nitrogens with one attached hydrogen (secondary N) is 1. The number of carbonyl (C=O) groups excluding carboxylic acids is 1. The molecular formula is C15H20N2O. The van der Waals surface area contributed by atoms with E-state index in [0.29, 0.717) is 12.5 Å². The Morgan fingerprint density at radius 3 is 2.67 bits per heavy atom. The Morgan fingerprint density at radius 2 is 1.94 bits per heavy atom. The fraction of sp³-hybridized carbons (Fsp3) is 0.533. The molecule has 0 aromatic heterocycles. The lowest BCUT2D eigenvalue weighted by Crippen LogP contribution is -2.44. The molecule has 1 amide bonds. The smallest absolute Gasteiger partial charge is 0.231 e. The van der Waals surface area contributed by atoms with Crippen molar-refractivity contribution in [1.29, 1.82) is 0 Å². The largest absolute Gasteiger partial charge is 0.317 e. The summed E-state index contributed by atoms with van der Waals surface area (Å²) in [7, 11) is 0. The molecule has 3 heteroatoms. The average Bonchev–Trinajstić information content (AvgIpc) is 2.67. The first-order chi connectivity index (χ1) is 8.66. The number of nitrogens with zero attached hydrogens (tertiary/aromatic N) is 1. The number of fused-ring (bicyclic) bond motifs is 1. The van der Waals surface area contributed by atoms with E-state index in [1.165, 1.54) is 22.4 Å². The van der Waals surface area contributed by atoms with Crippen LogP contribution < -0.4 is 10.2 Å². The standard InChI is InChI=1S/C15H20N2O/c1-10-7-11(2)13-9-15(18)17(14(13)8-10)12-3-5-16-6-4-12/h7-8,12,16H,3-6,9H2,1-2H3. The maximum atomic E-state index is 12.3. The topological polar surface area (TPSA) is 32.3 Å². The number of aryl methyl sites for hydroxylation is 2. The van der Waals surface area contributed by atoms with Crippen molar-refractivity contribution >= 4 is 11.6 Å². The molecule has 0 spiro atoms. The summed E-state index contributed by atoms with van der Waals surface area (Å²) in [6.45, 7) is 6.27. The van der Waals surface area contributed by atoms with Crippen LogP contribution >= 0.6 is 0 Å². The van der Waals surface area contributed by atoms with Gasteiger partial charge in [-0.05, 0) is 62.5 Å². The molecule has 1 aromatic carbocycles. The number of amides is 1. The molecule has 2 heterocycles. The zero-order chi connectivity index (χ0) is 12.7. The van der Waals surface area contributed by atoms with E-state index >= 15 is 0 Å². The SMILES string of the molecule is Cc1cc(C)c2c(c1)N(C1CCNCC1)C(=O)C2. The molecular weight excluding hydrogens is 224 g/mol. The molecule has 2 aliphatic heterocycles. The second-order valence-corrected chi connectivity index (χ2v) is 5.50. The van der Waals surface area contributed by atoms with E-state index < -0.39 is 0 Å². The van der Waals surface area contributed by atoms with Crippen LogP contribution in [-0.4, -0.2) is 25.0 Å². The molecule has 18 heavy (non-hydrogen) atoms. The fourth-order valence-electron chi connectivity index (χ4n) is 3.26. The van der Waals surface area contributed by atoms with Gasteiger partial charge in [0.25, 0.3) is 0 Å². The Kier molecular flexibility index (Phi) is 2.86. The van der Waals surface area contributed by atoms with Crippen LogP contribution in [0.1, 0.15) is 29.5 Å². The van der Waals surface area contributed by atoms with Gasteiger partial charge < -0.3 is 10.2 Å². The van der Waals surface area contributed by atoms with E-state index in [9.17, 15) is 4.79 Å². The van der Waals surface area contributed by atoms with Crippen LogP contribution in [0.3, 0.4) is 0 Å². The number of rotatable bonds is 1. The van der Waals surface area contributed by atoms with Gasteiger partial charge in [-0.25, -0.2) is 0 Å². The van der Waals surface area contributed by atoms with Crippen molar-refractivity contribution in [3.8, 4) is 0 Å². The Morgan fingerprint density at radius 1 is 1.22 bits per heavy atom. The number of hydrogen-bond donors (Lipinski definition) is 1. The van der Waals surface area contributed by atoms with Gasteiger partial charge in [-0.3, -0.25) is 4.79 Å². The van der Waals surface area contributed by atoms with Crippen LogP contribution in [0.15, 0.2) is 12.1 Å². The molecule has 96 valence electrons. The molecule has 0 unspecified atom stereocenters. The van der Waals surface area contributed by atoms with Crippen LogP contribution in [0.25, 0.3) is 0 Å². The first-order valence-corrected chi connectivity index (χ1v) is 6.79. The number of piperidine rings is 1. The maximum Gasteiger partial charge on any atom is 0.231 e. The van der Waals surface area contributed by atoms with Crippen molar-refractivity contribution in [2.24, 2.45) is 0 Å². The minimum Gasteiger partial charge on any atom is -0.317 e. The summed E-state index contributed by atoms with van der Waals surface area (Å²) in [6.07, 6.45) is 2.72. The first-order valence-electron chi connectivity index (χ1n) is 6.79. The van der Waals surface area contributed by atoms with Gasteiger partial charge in [0, 0.05) is 11.7 Å². The first kappa shape index (κ1) is 11.7. The van der Waals surface area contributed by atoms with Gasteiger partial charge in [0.15, 0.2) is 0 Å². The molecule has 0 aliphatic carbocycles. The summed E-state index contributed by atoms with van der Waals surface area (Å²) in [5.74, 6) is 0.283. The zero-order valence-electron chi connectivity index (χ0n) is 11.1. The van der Waals surface area contributed by atoms with E-state index in [1.54, 1.807) is 0 Å². The summed E-state index contributed by atoms with van der Waals surface area (Å²) in [4.78, 5) is 14.4. The van der Waals surface area contributed by atoms with Gasteiger partial charge in [0.2, 0.25) is 5.91 Å². The van der Waals surface area contributed by atoms with Crippen molar-refractivity contribution in [2.75, 3.05) is 18.0 Å². The molecule has 1 N–H and O–H groups in total. The van der Waals surface area contributed by atoms with Crippen LogP contribution in [-0.2, 0) is 11.2 Å². The molecule has 3 rings (SSSR count). The van der Waals surface area contributed by atoms with E-state index in [4.69, 9.17) is 0 Å². The molecule has 0 bridgehead atoms. The normalized spacial score (nSPS) is 20.3. The highest BCUT2D eigenvalue weighted by Gasteiger charge is 2.34. The zero-order valence-corrected chi connectivity index (χ0v) is 11.1. The second kappa shape index (κ2) is 4.39. The van der Waals surface area contributed by atoms with E-state index in [0.717, 1.165) is 25.9 Å². The molecule has 1 aromatic rings. The summed E-state index contributed by atoms with van der Waals surface area (Å²) in [5.41, 5.74) is 4.92. The van der Waals surface area contributed by atoms with Gasteiger partial charge in [0.1, 0.15) is 0 Å². The van der Waals surface area contributed by atoms with Gasteiger partial charge in [-0.1, -0.05) is 6.07 Å². The molecule has 1 saturated heterocycles. The third-order valence-corrected chi connectivity index (χ3v) is 4.12. The third-order valence-electron chi connectivity index (χ3n) is 4.12. The van der Waals surface area contributed by atoms with Crippen molar-refractivity contribution in [3.05, 3.63) is 28.8 Å². The molecule has 1 fully saturated rings. The number of benzene rings is 1. The molecule has 2 aliphatic rings. The minimum atomic E-state index is 0.283. The number of carbonyl (C=O) groups is 1. The summed E-state index contributed by atoms with van der Waals surface area (Å²) < 4.78 is 0. The lowest BCUT2D eigenvalue weighted by Gasteiger charge is -2.32. The minimum absolute atomic E-state index is 0.283. The van der Waals surface area contributed by atoms with Gasteiger partial charge in [0.05, 0.1) is 6.42 Å². The van der Waals surface area contributed by atoms with E-state index in [-0.39, 0.29) is 5.91 Å². The molecule has 3 nitrogen and oxygen atoms in total. The van der Waals surface area contributed by atoms with Crippen molar-refractivity contribution in [2.45, 2.75) is 39.2 Å². The highest BCUT2D eigenvalue weighted by molar-refractivity contribution is 6.02. The fourth-order valence-corrected chi connectivity index (χ4v) is 3.26. The van der Waals surface area contributed by atoms with Crippen molar-refractivity contribution in [1.82, 2.24) is 5.32 Å². The van der Waals surface area contributed by atoms with Gasteiger partial charge >= 0.3 is 0 Å². The summed E-state index contributed by atoms with van der Waals surface area (Å²) in [5, 5.41) is 3.36. The average molecular weight is 244 g/mol. The van der Waals surface area contributed by atoms with Gasteiger partial charge in [-0.15, -0.1) is 0 Å². The number of hydrogen-bond acceptors (Lipinski definition) is 2. The molecule has 0 radical (unpaired) electrons. The highest BCUT2D eigenvalue weighted by atomic mass is 16.2. The quantitative estimate of drug-likeness (QED) is 0.819. The predicted molar refractivity (Wildman–Crippen MR) is 73.0 cm³/mol. The molecule has 0 atom stereocenters. The predicted octanol–water partition coefficient (Wildman–Crippen LogP) is 1.94. The van der Waals surface area contributed by atoms with Crippen molar-refractivity contribution < 1.29 is 4.79 Å². The van der Waals surface area contributed by atoms with Crippen molar-refractivity contribution in [3.63, 3.8) is 0 Å².